The number of ether oxygens (including phenoxy) is 2. The number of nitrogens with one attached hydrogen (secondary N) is 1. The van der Waals surface area contributed by atoms with E-state index in [0.717, 1.165) is 101 Å². The molecule has 1 N–H and O–H groups in total. The number of amides is 1. The van der Waals surface area contributed by atoms with Crippen molar-refractivity contribution in [2.45, 2.75) is 96.0 Å². The van der Waals surface area contributed by atoms with Crippen LogP contribution in [0.3, 0.4) is 0 Å². The Balaban J connectivity index is 1.38. The van der Waals surface area contributed by atoms with Crippen molar-refractivity contribution in [2.24, 2.45) is 17.8 Å². The first kappa shape index (κ1) is 39.4. The van der Waals surface area contributed by atoms with E-state index in [9.17, 15) is 9.35 Å². The summed E-state index contributed by atoms with van der Waals surface area (Å²) in [5.41, 5.74) is 3.52. The average molecular weight is 753 g/mol. The van der Waals surface area contributed by atoms with Gasteiger partial charge in [-0.05, 0) is 119 Å². The first-order chi connectivity index (χ1) is 25.0. The summed E-state index contributed by atoms with van der Waals surface area (Å²) in [6, 6.07) is 12.5. The number of hydrogen-bond acceptors (Lipinski definition) is 7. The van der Waals surface area contributed by atoms with E-state index < -0.39 is 17.0 Å². The highest BCUT2D eigenvalue weighted by molar-refractivity contribution is 7.90. The molecule has 2 bridgehead atoms. The molecule has 3 heterocycles. The molecule has 1 unspecified atom stereocenters. The van der Waals surface area contributed by atoms with E-state index in [1.54, 1.807) is 6.07 Å². The minimum absolute atomic E-state index is 0.105. The molecule has 1 saturated carbocycles. The number of fused-ring (bicyclic) bond motifs is 2. The standard InChI is InChI=1S/C42H61ClN4O4S/c1-7-10-32-23-36(43)14-15-37(32)35-26-47-25-34-12-16-38(34)42(50-6,28-45-19-9-20-46(22-21-45)29(2)3)18-8-11-30(4)31(5)52(49)44-41(48)33-13-17-40(51-27-35)39(47)24-33/h8,13-15,17-18,23-24,29-31,34-35,38H,7,9-12,16,19-22,25-28H2,1-6H3,(H,44,48)/b18-8+/t30-,31+,34-,35-,38+,42+,52?/m0/s1. The van der Waals surface area contributed by atoms with Crippen molar-refractivity contribution in [1.82, 2.24) is 14.5 Å². The molecule has 0 spiro atoms. The molecule has 2 fully saturated rings. The number of carbonyl (C=O) groups is 1. The van der Waals surface area contributed by atoms with Gasteiger partial charge < -0.3 is 18.9 Å². The SMILES string of the molecule is CCCc1cc(Cl)ccc1[C@@H]1COc2ccc3cc2N(C1)C[C@@H]1CC[C@H]1[C@@](CN1CCCN(C(C)C)CC1)(OC)/C=C/C[C@H](C)[C@@H](C)[S+]([O-])NC3=O. The Labute approximate surface area is 320 Å². The van der Waals surface area contributed by atoms with Crippen LogP contribution in [-0.2, 0) is 22.5 Å². The van der Waals surface area contributed by atoms with Crippen molar-refractivity contribution >= 4 is 34.6 Å². The number of halogens is 1. The normalized spacial score (nSPS) is 31.5. The molecule has 4 aliphatic rings. The van der Waals surface area contributed by atoms with Gasteiger partial charge in [-0.3, -0.25) is 14.6 Å². The number of hydrogen-bond donors (Lipinski definition) is 1. The zero-order valence-electron chi connectivity index (χ0n) is 32.2. The molecule has 7 atom stereocenters. The third-order valence-electron chi connectivity index (χ3n) is 12.5. The quantitative estimate of drug-likeness (QED) is 0.232. The van der Waals surface area contributed by atoms with Crippen LogP contribution < -0.4 is 14.4 Å². The molecule has 52 heavy (non-hydrogen) atoms. The Morgan fingerprint density at radius 2 is 1.92 bits per heavy atom. The lowest BCUT2D eigenvalue weighted by Crippen LogP contribution is -2.56. The molecule has 10 heteroatoms. The van der Waals surface area contributed by atoms with Crippen LogP contribution >= 0.6 is 11.6 Å². The lowest BCUT2D eigenvalue weighted by molar-refractivity contribution is -0.0910. The van der Waals surface area contributed by atoms with Gasteiger partial charge in [0.05, 0.1) is 23.7 Å². The Morgan fingerprint density at radius 3 is 2.65 bits per heavy atom. The number of nitrogens with zero attached hydrogens (tertiary/aromatic N) is 3. The topological polar surface area (TPSA) is 80.3 Å². The summed E-state index contributed by atoms with van der Waals surface area (Å²) >= 11 is 4.97. The van der Waals surface area contributed by atoms with E-state index in [2.05, 4.69) is 71.4 Å². The fourth-order valence-electron chi connectivity index (χ4n) is 8.89. The number of methoxy groups -OCH3 is 1. The molecule has 2 aromatic carbocycles. The molecule has 6 rings (SSSR count). The van der Waals surface area contributed by atoms with Crippen LogP contribution in [0.2, 0.25) is 5.02 Å². The molecular weight excluding hydrogens is 692 g/mol. The Morgan fingerprint density at radius 1 is 1.10 bits per heavy atom. The van der Waals surface area contributed by atoms with Gasteiger partial charge >= 0.3 is 0 Å². The monoisotopic (exact) mass is 752 g/mol. The summed E-state index contributed by atoms with van der Waals surface area (Å²) in [5, 5.41) is 0.537. The number of rotatable bonds is 7. The highest BCUT2D eigenvalue weighted by atomic mass is 35.5. The van der Waals surface area contributed by atoms with Gasteiger partial charge in [0.15, 0.2) is 0 Å². The first-order valence-corrected chi connectivity index (χ1v) is 21.3. The Kier molecular flexibility index (Phi) is 13.2. The zero-order chi connectivity index (χ0) is 37.0. The zero-order valence-corrected chi connectivity index (χ0v) is 33.8. The van der Waals surface area contributed by atoms with Gasteiger partial charge in [-0.25, -0.2) is 0 Å². The van der Waals surface area contributed by atoms with Gasteiger partial charge in [0.1, 0.15) is 16.6 Å². The minimum Gasteiger partial charge on any atom is -0.593 e. The van der Waals surface area contributed by atoms with Crippen molar-refractivity contribution in [3.8, 4) is 5.75 Å². The minimum atomic E-state index is -1.54. The second-order valence-electron chi connectivity index (χ2n) is 16.1. The Bertz CT molecular complexity index is 1560. The lowest BCUT2D eigenvalue weighted by Gasteiger charge is -2.51. The number of allylic oxidation sites excluding steroid dienone is 1. The van der Waals surface area contributed by atoms with Gasteiger partial charge in [0.2, 0.25) is 0 Å². The fourth-order valence-corrected chi connectivity index (χ4v) is 10.1. The summed E-state index contributed by atoms with van der Waals surface area (Å²) in [6.45, 7) is 18.2. The molecule has 3 aliphatic heterocycles. The van der Waals surface area contributed by atoms with Crippen molar-refractivity contribution in [1.29, 1.82) is 0 Å². The van der Waals surface area contributed by atoms with Gasteiger partial charge in [-0.15, -0.1) is 0 Å². The highest BCUT2D eigenvalue weighted by Crippen LogP contribution is 2.47. The number of carbonyl (C=O) groups excluding carboxylic acids is 1. The second kappa shape index (κ2) is 17.5. The van der Waals surface area contributed by atoms with E-state index in [1.165, 1.54) is 11.1 Å². The highest BCUT2D eigenvalue weighted by Gasteiger charge is 2.48. The summed E-state index contributed by atoms with van der Waals surface area (Å²) < 4.78 is 29.7. The summed E-state index contributed by atoms with van der Waals surface area (Å²) in [6.07, 6.45) is 10.8. The van der Waals surface area contributed by atoms with Gasteiger partial charge in [0.25, 0.3) is 5.91 Å². The predicted octanol–water partition coefficient (Wildman–Crippen LogP) is 7.48. The van der Waals surface area contributed by atoms with Crippen LogP contribution in [0.1, 0.15) is 94.1 Å². The van der Waals surface area contributed by atoms with Crippen molar-refractivity contribution in [3.05, 3.63) is 70.3 Å². The maximum Gasteiger partial charge on any atom is 0.292 e. The second-order valence-corrected chi connectivity index (χ2v) is 18.1. The van der Waals surface area contributed by atoms with Crippen molar-refractivity contribution < 1.29 is 18.8 Å². The molecular formula is C42H61ClN4O4S. The van der Waals surface area contributed by atoms with E-state index in [1.807, 2.05) is 32.2 Å². The summed E-state index contributed by atoms with van der Waals surface area (Å²) in [4.78, 5) is 21.3. The van der Waals surface area contributed by atoms with Crippen LogP contribution in [0.25, 0.3) is 0 Å². The molecule has 0 radical (unpaired) electrons. The van der Waals surface area contributed by atoms with Gasteiger partial charge in [-0.2, -0.15) is 4.72 Å². The third-order valence-corrected chi connectivity index (χ3v) is 14.2. The first-order valence-electron chi connectivity index (χ1n) is 19.7. The summed E-state index contributed by atoms with van der Waals surface area (Å²) in [5.74, 6) is 1.41. The van der Waals surface area contributed by atoms with Crippen LogP contribution in [0.15, 0.2) is 48.6 Å². The molecule has 1 saturated heterocycles. The molecule has 1 amide bonds. The maximum absolute atomic E-state index is 13.6. The van der Waals surface area contributed by atoms with E-state index in [-0.39, 0.29) is 23.0 Å². The largest absolute Gasteiger partial charge is 0.593 e. The fraction of sp³-hybridized carbons (Fsp3) is 0.643. The third kappa shape index (κ3) is 8.82. The molecule has 2 aromatic rings. The van der Waals surface area contributed by atoms with Gasteiger partial charge in [-0.1, -0.05) is 50.1 Å². The van der Waals surface area contributed by atoms with Gasteiger partial charge in [0, 0.05) is 68.3 Å². The molecule has 1 aliphatic carbocycles. The average Bonchev–Trinajstić information content (AvgIpc) is 3.46. The molecule has 8 nitrogen and oxygen atoms in total. The van der Waals surface area contributed by atoms with Crippen LogP contribution in [0, 0.1) is 17.8 Å². The van der Waals surface area contributed by atoms with Crippen LogP contribution in [0.4, 0.5) is 5.69 Å². The van der Waals surface area contributed by atoms with Crippen molar-refractivity contribution in [2.75, 3.05) is 64.4 Å². The smallest absolute Gasteiger partial charge is 0.292 e. The number of aryl methyl sites for hydroxylation is 1. The van der Waals surface area contributed by atoms with E-state index in [4.69, 9.17) is 21.1 Å². The molecule has 0 aromatic heterocycles. The predicted molar refractivity (Wildman–Crippen MR) is 214 cm³/mol. The van der Waals surface area contributed by atoms with Crippen LogP contribution in [0.5, 0.6) is 5.75 Å². The number of anilines is 1. The Hall–Kier alpha value is -2.27. The van der Waals surface area contributed by atoms with Crippen molar-refractivity contribution in [3.63, 3.8) is 0 Å². The maximum atomic E-state index is 13.6. The van der Waals surface area contributed by atoms with Crippen LogP contribution in [-0.4, -0.2) is 96.7 Å². The molecule has 286 valence electrons. The summed E-state index contributed by atoms with van der Waals surface area (Å²) in [7, 11) is 1.90. The number of benzene rings is 2. The van der Waals surface area contributed by atoms with E-state index >= 15 is 0 Å². The van der Waals surface area contributed by atoms with E-state index in [0.29, 0.717) is 30.0 Å². The lowest BCUT2D eigenvalue weighted by atomic mass is 9.63.